The van der Waals surface area contributed by atoms with Crippen LogP contribution in [0.25, 0.3) is 11.4 Å². The van der Waals surface area contributed by atoms with Crippen LogP contribution < -0.4 is 4.74 Å². The van der Waals surface area contributed by atoms with Crippen LogP contribution in [-0.4, -0.2) is 33.1 Å². The van der Waals surface area contributed by atoms with Crippen molar-refractivity contribution >= 4 is 35.7 Å². The van der Waals surface area contributed by atoms with E-state index in [4.69, 9.17) is 28.6 Å². The third-order valence-electron chi connectivity index (χ3n) is 3.50. The number of hydrogen-bond donors (Lipinski definition) is 1. The van der Waals surface area contributed by atoms with Crippen molar-refractivity contribution < 1.29 is 9.66 Å². The maximum atomic E-state index is 10.9. The molecule has 2 aromatic carbocycles. The average molecular weight is 390 g/mol. The van der Waals surface area contributed by atoms with Gasteiger partial charge in [-0.25, -0.2) is 5.10 Å². The molecule has 1 aromatic heterocycles. The summed E-state index contributed by atoms with van der Waals surface area (Å²) in [5.74, 6) is 1.19. The Labute approximate surface area is 157 Å². The number of nitro groups is 1. The molecule has 0 saturated carbocycles. The summed E-state index contributed by atoms with van der Waals surface area (Å²) < 4.78 is 6.82. The predicted molar refractivity (Wildman–Crippen MR) is 100 cm³/mol. The van der Waals surface area contributed by atoms with Crippen LogP contribution >= 0.6 is 23.8 Å². The number of nitro benzene ring substituents is 1. The molecule has 1 heterocycles. The van der Waals surface area contributed by atoms with Gasteiger partial charge in [0, 0.05) is 28.3 Å². The first-order chi connectivity index (χ1) is 12.5. The number of hydrogen-bond acceptors (Lipinski definition) is 6. The van der Waals surface area contributed by atoms with Crippen LogP contribution in [0.3, 0.4) is 0 Å². The number of aromatic amines is 1. The minimum atomic E-state index is -0.500. The van der Waals surface area contributed by atoms with Crippen LogP contribution in [0.2, 0.25) is 5.02 Å². The van der Waals surface area contributed by atoms with Gasteiger partial charge in [0.25, 0.3) is 5.69 Å². The first kappa shape index (κ1) is 17.8. The number of rotatable bonds is 5. The van der Waals surface area contributed by atoms with Crippen molar-refractivity contribution in [1.82, 2.24) is 14.9 Å². The zero-order valence-electron chi connectivity index (χ0n) is 13.4. The molecule has 0 aliphatic rings. The van der Waals surface area contributed by atoms with Gasteiger partial charge in [-0.05, 0) is 42.5 Å². The van der Waals surface area contributed by atoms with Crippen LogP contribution in [0.15, 0.2) is 47.6 Å². The first-order valence-electron chi connectivity index (χ1n) is 7.29. The normalized spacial score (nSPS) is 11.0. The topological polar surface area (TPSA) is 98.3 Å². The Morgan fingerprint density at radius 3 is 2.73 bits per heavy atom. The molecule has 3 aromatic rings. The maximum absolute atomic E-state index is 10.9. The lowest BCUT2D eigenvalue weighted by Crippen LogP contribution is -1.96. The van der Waals surface area contributed by atoms with E-state index in [1.54, 1.807) is 19.2 Å². The molecule has 0 aliphatic heterocycles. The molecule has 0 amide bonds. The lowest BCUT2D eigenvalue weighted by atomic mass is 10.2. The van der Waals surface area contributed by atoms with E-state index in [-0.39, 0.29) is 10.5 Å². The SMILES string of the molecule is COc1ccc(-c2n[nH]c(=S)n2/N=C/c2cc([N+](=O)[O-])ccc2Cl)cc1. The standard InChI is InChI=1S/C16H12ClN5O3S/c1-25-13-5-2-10(3-6-13)15-19-20-16(26)21(15)18-9-11-8-12(22(23)24)4-7-14(11)17/h2-9H,1H3,(H,20,26)/b18-9+. The molecule has 0 fully saturated rings. The summed E-state index contributed by atoms with van der Waals surface area (Å²) in [6, 6.07) is 11.3. The molecule has 132 valence electrons. The van der Waals surface area contributed by atoms with E-state index in [1.807, 2.05) is 12.1 Å². The third kappa shape index (κ3) is 3.63. The van der Waals surface area contributed by atoms with Crippen LogP contribution in [0.4, 0.5) is 5.69 Å². The molecule has 1 N–H and O–H groups in total. The van der Waals surface area contributed by atoms with Gasteiger partial charge in [0.05, 0.1) is 18.2 Å². The molecular formula is C16H12ClN5O3S. The summed E-state index contributed by atoms with van der Waals surface area (Å²) in [6.45, 7) is 0. The van der Waals surface area contributed by atoms with Crippen LogP contribution in [0, 0.1) is 14.9 Å². The zero-order chi connectivity index (χ0) is 18.7. The Balaban J connectivity index is 1.99. The fraction of sp³-hybridized carbons (Fsp3) is 0.0625. The van der Waals surface area contributed by atoms with Gasteiger partial charge in [0.2, 0.25) is 4.77 Å². The fourth-order valence-corrected chi connectivity index (χ4v) is 2.53. The lowest BCUT2D eigenvalue weighted by Gasteiger charge is -2.03. The Morgan fingerprint density at radius 2 is 2.08 bits per heavy atom. The number of halogens is 1. The highest BCUT2D eigenvalue weighted by Crippen LogP contribution is 2.22. The Morgan fingerprint density at radius 1 is 1.35 bits per heavy atom. The zero-order valence-corrected chi connectivity index (χ0v) is 15.0. The van der Waals surface area contributed by atoms with Crippen molar-refractivity contribution in [3.8, 4) is 17.1 Å². The smallest absolute Gasteiger partial charge is 0.270 e. The summed E-state index contributed by atoms with van der Waals surface area (Å²) in [5, 5.41) is 22.4. The first-order valence-corrected chi connectivity index (χ1v) is 8.08. The molecule has 0 unspecified atom stereocenters. The van der Waals surface area contributed by atoms with Crippen molar-refractivity contribution in [2.75, 3.05) is 7.11 Å². The Kier molecular flexibility index (Phi) is 5.10. The van der Waals surface area contributed by atoms with Crippen LogP contribution in [-0.2, 0) is 0 Å². The van der Waals surface area contributed by atoms with Crippen molar-refractivity contribution in [2.45, 2.75) is 0 Å². The number of methoxy groups -OCH3 is 1. The molecular weight excluding hydrogens is 378 g/mol. The quantitative estimate of drug-likeness (QED) is 0.307. The van der Waals surface area contributed by atoms with Crippen molar-refractivity contribution in [3.05, 3.63) is 67.9 Å². The van der Waals surface area contributed by atoms with E-state index in [0.29, 0.717) is 22.2 Å². The molecule has 10 heteroatoms. The van der Waals surface area contributed by atoms with Gasteiger partial charge >= 0.3 is 0 Å². The molecule has 0 bridgehead atoms. The largest absolute Gasteiger partial charge is 0.497 e. The van der Waals surface area contributed by atoms with Gasteiger partial charge in [0.15, 0.2) is 5.82 Å². The maximum Gasteiger partial charge on any atom is 0.270 e. The van der Waals surface area contributed by atoms with Gasteiger partial charge < -0.3 is 4.74 Å². The molecule has 26 heavy (non-hydrogen) atoms. The highest BCUT2D eigenvalue weighted by atomic mass is 35.5. The minimum Gasteiger partial charge on any atom is -0.497 e. The van der Waals surface area contributed by atoms with Crippen LogP contribution in [0.5, 0.6) is 5.75 Å². The number of non-ortho nitro benzene ring substituents is 1. The molecule has 0 aliphatic carbocycles. The Hall–Kier alpha value is -3.04. The van der Waals surface area contributed by atoms with Crippen molar-refractivity contribution in [2.24, 2.45) is 5.10 Å². The summed E-state index contributed by atoms with van der Waals surface area (Å²) in [4.78, 5) is 10.4. The monoisotopic (exact) mass is 389 g/mol. The molecule has 0 radical (unpaired) electrons. The summed E-state index contributed by atoms with van der Waals surface area (Å²) >= 11 is 11.3. The number of ether oxygens (including phenoxy) is 1. The number of H-pyrrole nitrogens is 1. The second-order valence-electron chi connectivity index (χ2n) is 5.10. The van der Waals surface area contributed by atoms with E-state index < -0.39 is 4.92 Å². The van der Waals surface area contributed by atoms with Gasteiger partial charge in [-0.2, -0.15) is 14.9 Å². The molecule has 3 rings (SSSR count). The number of nitrogens with zero attached hydrogens (tertiary/aromatic N) is 4. The third-order valence-corrected chi connectivity index (χ3v) is 4.11. The molecule has 0 saturated heterocycles. The Bertz CT molecular complexity index is 1040. The van der Waals surface area contributed by atoms with Crippen molar-refractivity contribution in [3.63, 3.8) is 0 Å². The fourth-order valence-electron chi connectivity index (χ4n) is 2.19. The predicted octanol–water partition coefficient (Wildman–Crippen LogP) is 4.06. The van der Waals surface area contributed by atoms with E-state index in [9.17, 15) is 10.1 Å². The summed E-state index contributed by atoms with van der Waals surface area (Å²) in [5.41, 5.74) is 1.08. The lowest BCUT2D eigenvalue weighted by molar-refractivity contribution is -0.384. The van der Waals surface area contributed by atoms with Crippen molar-refractivity contribution in [1.29, 1.82) is 0 Å². The second-order valence-corrected chi connectivity index (χ2v) is 5.89. The molecule has 0 atom stereocenters. The highest BCUT2D eigenvalue weighted by molar-refractivity contribution is 7.71. The van der Waals surface area contributed by atoms with E-state index >= 15 is 0 Å². The van der Waals surface area contributed by atoms with E-state index in [1.165, 1.54) is 29.1 Å². The van der Waals surface area contributed by atoms with Gasteiger partial charge in [-0.15, -0.1) is 0 Å². The number of aromatic nitrogens is 3. The summed E-state index contributed by atoms with van der Waals surface area (Å²) in [6.07, 6.45) is 1.40. The average Bonchev–Trinajstić information content (AvgIpc) is 3.01. The van der Waals surface area contributed by atoms with E-state index in [0.717, 1.165) is 5.56 Å². The second kappa shape index (κ2) is 7.46. The van der Waals surface area contributed by atoms with Gasteiger partial charge in [0.1, 0.15) is 5.75 Å². The molecule has 0 spiro atoms. The minimum absolute atomic E-state index is 0.0815. The number of benzene rings is 2. The van der Waals surface area contributed by atoms with Crippen LogP contribution in [0.1, 0.15) is 5.56 Å². The van der Waals surface area contributed by atoms with Gasteiger partial charge in [-0.1, -0.05) is 11.6 Å². The summed E-state index contributed by atoms with van der Waals surface area (Å²) in [7, 11) is 1.58. The number of nitrogens with one attached hydrogen (secondary N) is 1. The highest BCUT2D eigenvalue weighted by Gasteiger charge is 2.10. The van der Waals surface area contributed by atoms with Gasteiger partial charge in [-0.3, -0.25) is 10.1 Å². The molecule has 8 nitrogen and oxygen atoms in total. The van der Waals surface area contributed by atoms with E-state index in [2.05, 4.69) is 15.3 Å².